The lowest BCUT2D eigenvalue weighted by Gasteiger charge is -2.34. The second-order valence-corrected chi connectivity index (χ2v) is 15.4. The van der Waals surface area contributed by atoms with Crippen LogP contribution in [0.15, 0.2) is 158 Å². The van der Waals surface area contributed by atoms with E-state index in [1.807, 2.05) is 24.3 Å². The summed E-state index contributed by atoms with van der Waals surface area (Å²) in [5, 5.41) is 12.0. The molecule has 0 fully saturated rings. The highest BCUT2D eigenvalue weighted by molar-refractivity contribution is 6.99. The van der Waals surface area contributed by atoms with E-state index in [9.17, 15) is 5.26 Å². The Kier molecular flexibility index (Phi) is 7.06. The van der Waals surface area contributed by atoms with Gasteiger partial charge < -0.3 is 9.30 Å². The summed E-state index contributed by atoms with van der Waals surface area (Å²) in [5.41, 5.74) is 21.0. The van der Waals surface area contributed by atoms with Crippen molar-refractivity contribution in [1.29, 1.82) is 5.26 Å². The number of nitrogens with zero attached hydrogens (tertiary/aromatic N) is 2. The van der Waals surface area contributed by atoms with E-state index in [4.69, 9.17) is 4.74 Å². The molecular formula is C52H35BN2O. The van der Waals surface area contributed by atoms with E-state index in [0.717, 1.165) is 33.8 Å². The molecule has 56 heavy (non-hydrogen) atoms. The number of nitriles is 1. The number of hydrogen-bond donors (Lipinski definition) is 0. The normalized spacial score (nSPS) is 12.3. The molecule has 2 aliphatic heterocycles. The minimum atomic E-state index is -0.0682. The second-order valence-electron chi connectivity index (χ2n) is 15.4. The molecule has 0 bridgehead atoms. The molecule has 0 N–H and O–H groups in total. The number of aromatic nitrogens is 1. The molecule has 4 heteroatoms. The molecule has 1 aromatic heterocycles. The highest BCUT2D eigenvalue weighted by Gasteiger charge is 2.41. The molecule has 262 valence electrons. The van der Waals surface area contributed by atoms with Gasteiger partial charge in [-0.05, 0) is 141 Å². The van der Waals surface area contributed by atoms with Gasteiger partial charge in [-0.15, -0.1) is 0 Å². The summed E-state index contributed by atoms with van der Waals surface area (Å²) >= 11 is 0. The third-order valence-electron chi connectivity index (χ3n) is 11.9. The standard InChI is InChI=1S/C52H35BN2O/c1-31-22-32(2)50(33(3)23-31)39-19-21-48-44(26-39)53-45-27-40(36-12-8-5-9-13-36)25-43-42-24-38(35-10-6-4-7-11-35)18-20-46(42)55(52(43)45)47-28-41(29-49(56-48)51(47)53)37-16-14-34(30-54)15-17-37/h4-29H,1-3H3. The summed E-state index contributed by atoms with van der Waals surface area (Å²) in [6.45, 7) is 6.54. The summed E-state index contributed by atoms with van der Waals surface area (Å²) in [6, 6.07) is 59.2. The number of ether oxygens (including phenoxy) is 1. The van der Waals surface area contributed by atoms with Crippen LogP contribution in [-0.2, 0) is 0 Å². The lowest BCUT2D eigenvalue weighted by molar-refractivity contribution is 0.487. The molecule has 0 aliphatic carbocycles. The first-order chi connectivity index (χ1) is 27.4. The average molecular weight is 715 g/mol. The zero-order chi connectivity index (χ0) is 37.7. The van der Waals surface area contributed by atoms with Crippen molar-refractivity contribution < 1.29 is 4.74 Å². The molecule has 8 aromatic carbocycles. The lowest BCUT2D eigenvalue weighted by atomic mass is 9.34. The van der Waals surface area contributed by atoms with Gasteiger partial charge in [-0.25, -0.2) is 0 Å². The number of hydrogen-bond acceptors (Lipinski definition) is 2. The molecule has 9 aromatic rings. The van der Waals surface area contributed by atoms with E-state index in [1.54, 1.807) is 0 Å². The quantitative estimate of drug-likeness (QED) is 0.170. The first kappa shape index (κ1) is 32.4. The SMILES string of the molecule is Cc1cc(C)c(-c2ccc3c(c2)B2c4c(cc(-c5ccc(C#N)cc5)cc4-n4c5ccc(-c6ccccc6)cc5c5cc(-c6ccccc6)cc2c54)O3)c(C)c1. The number of rotatable bonds is 4. The minimum absolute atomic E-state index is 0.0682. The maximum absolute atomic E-state index is 9.57. The lowest BCUT2D eigenvalue weighted by Crippen LogP contribution is -2.58. The maximum Gasteiger partial charge on any atom is 0.256 e. The van der Waals surface area contributed by atoms with Gasteiger partial charge in [0, 0.05) is 22.0 Å². The molecule has 2 aliphatic rings. The summed E-state index contributed by atoms with van der Waals surface area (Å²) in [6.07, 6.45) is 0. The van der Waals surface area contributed by atoms with Crippen molar-refractivity contribution in [2.75, 3.05) is 0 Å². The fraction of sp³-hybridized carbons (Fsp3) is 0.0577. The number of aryl methyl sites for hydroxylation is 3. The van der Waals surface area contributed by atoms with Crippen LogP contribution in [0, 0.1) is 32.1 Å². The van der Waals surface area contributed by atoms with Gasteiger partial charge >= 0.3 is 0 Å². The first-order valence-corrected chi connectivity index (χ1v) is 19.3. The van der Waals surface area contributed by atoms with Crippen LogP contribution in [0.4, 0.5) is 0 Å². The Balaban J connectivity index is 1.26. The zero-order valence-electron chi connectivity index (χ0n) is 31.4. The van der Waals surface area contributed by atoms with Gasteiger partial charge in [-0.1, -0.05) is 115 Å². The monoisotopic (exact) mass is 714 g/mol. The van der Waals surface area contributed by atoms with Gasteiger partial charge in [0.15, 0.2) is 0 Å². The van der Waals surface area contributed by atoms with Crippen molar-refractivity contribution in [1.82, 2.24) is 4.57 Å². The molecule has 0 spiro atoms. The Morgan fingerprint density at radius 2 is 1.12 bits per heavy atom. The fourth-order valence-corrected chi connectivity index (χ4v) is 9.59. The van der Waals surface area contributed by atoms with Crippen molar-refractivity contribution in [3.05, 3.63) is 180 Å². The van der Waals surface area contributed by atoms with Crippen LogP contribution in [0.5, 0.6) is 11.5 Å². The van der Waals surface area contributed by atoms with Crippen LogP contribution < -0.4 is 21.1 Å². The van der Waals surface area contributed by atoms with Gasteiger partial charge in [-0.3, -0.25) is 0 Å². The molecule has 11 rings (SSSR count). The first-order valence-electron chi connectivity index (χ1n) is 19.3. The van der Waals surface area contributed by atoms with Crippen molar-refractivity contribution >= 4 is 44.9 Å². The number of benzene rings is 8. The second kappa shape index (κ2) is 12.2. The van der Waals surface area contributed by atoms with Gasteiger partial charge in [0.25, 0.3) is 6.71 Å². The third kappa shape index (κ3) is 4.84. The molecular weight excluding hydrogens is 679 g/mol. The molecule has 0 saturated heterocycles. The molecule has 0 saturated carbocycles. The molecule has 3 heterocycles. The summed E-state index contributed by atoms with van der Waals surface area (Å²) < 4.78 is 9.51. The average Bonchev–Trinajstić information content (AvgIpc) is 3.56. The Labute approximate surface area is 326 Å². The van der Waals surface area contributed by atoms with Gasteiger partial charge in [0.05, 0.1) is 17.1 Å². The predicted molar refractivity (Wildman–Crippen MR) is 233 cm³/mol. The molecule has 3 nitrogen and oxygen atoms in total. The molecule has 0 radical (unpaired) electrons. The topological polar surface area (TPSA) is 38.0 Å². The Morgan fingerprint density at radius 1 is 0.518 bits per heavy atom. The minimum Gasteiger partial charge on any atom is -0.458 e. The Bertz CT molecular complexity index is 3110. The molecule has 0 atom stereocenters. The molecule has 0 unspecified atom stereocenters. The third-order valence-corrected chi connectivity index (χ3v) is 11.9. The summed E-state index contributed by atoms with van der Waals surface area (Å²) in [5.74, 6) is 1.74. The highest BCUT2D eigenvalue weighted by Crippen LogP contribution is 2.43. The van der Waals surface area contributed by atoms with E-state index < -0.39 is 0 Å². The maximum atomic E-state index is 9.57. The largest absolute Gasteiger partial charge is 0.458 e. The Morgan fingerprint density at radius 3 is 1.84 bits per heavy atom. The van der Waals surface area contributed by atoms with E-state index in [1.165, 1.54) is 82.7 Å². The van der Waals surface area contributed by atoms with Gasteiger partial charge in [0.2, 0.25) is 0 Å². The zero-order valence-corrected chi connectivity index (χ0v) is 31.4. The highest BCUT2D eigenvalue weighted by atomic mass is 16.5. The van der Waals surface area contributed by atoms with Crippen LogP contribution >= 0.6 is 0 Å². The van der Waals surface area contributed by atoms with E-state index >= 15 is 0 Å². The van der Waals surface area contributed by atoms with E-state index in [-0.39, 0.29) is 6.71 Å². The van der Waals surface area contributed by atoms with Crippen LogP contribution in [0.1, 0.15) is 22.3 Å². The Hall–Kier alpha value is -7.09. The van der Waals surface area contributed by atoms with E-state index in [2.05, 4.69) is 165 Å². The van der Waals surface area contributed by atoms with Crippen LogP contribution in [-0.4, -0.2) is 11.3 Å². The van der Waals surface area contributed by atoms with Crippen molar-refractivity contribution in [2.24, 2.45) is 0 Å². The predicted octanol–water partition coefficient (Wildman–Crippen LogP) is 11.2. The smallest absolute Gasteiger partial charge is 0.256 e. The van der Waals surface area contributed by atoms with Gasteiger partial charge in [0.1, 0.15) is 11.5 Å². The van der Waals surface area contributed by atoms with Crippen molar-refractivity contribution in [2.45, 2.75) is 20.8 Å². The van der Waals surface area contributed by atoms with Crippen molar-refractivity contribution in [3.63, 3.8) is 0 Å². The van der Waals surface area contributed by atoms with Crippen LogP contribution in [0.2, 0.25) is 0 Å². The van der Waals surface area contributed by atoms with Crippen molar-refractivity contribution in [3.8, 4) is 67.8 Å². The van der Waals surface area contributed by atoms with Gasteiger partial charge in [-0.2, -0.15) is 5.26 Å². The fourth-order valence-electron chi connectivity index (χ4n) is 9.59. The molecule has 0 amide bonds. The van der Waals surface area contributed by atoms with Crippen LogP contribution in [0.3, 0.4) is 0 Å². The van der Waals surface area contributed by atoms with Crippen LogP contribution in [0.25, 0.3) is 72.0 Å². The van der Waals surface area contributed by atoms with E-state index in [0.29, 0.717) is 5.56 Å². The summed E-state index contributed by atoms with van der Waals surface area (Å²) in [7, 11) is 0. The number of fused-ring (bicyclic) bond motifs is 7. The summed E-state index contributed by atoms with van der Waals surface area (Å²) in [4.78, 5) is 0.